The summed E-state index contributed by atoms with van der Waals surface area (Å²) in [6, 6.07) is 2.66. The highest BCUT2D eigenvalue weighted by molar-refractivity contribution is 5.60. The van der Waals surface area contributed by atoms with Gasteiger partial charge in [0, 0.05) is 30.9 Å². The topological polar surface area (TPSA) is 66.6 Å². The zero-order valence-corrected chi connectivity index (χ0v) is 10.6. The van der Waals surface area contributed by atoms with Gasteiger partial charge in [-0.2, -0.15) is 13.2 Å². The molecule has 1 aromatic rings. The summed E-state index contributed by atoms with van der Waals surface area (Å²) >= 11 is 0. The second-order valence-corrected chi connectivity index (χ2v) is 5.12. The molecule has 20 heavy (non-hydrogen) atoms. The highest BCUT2D eigenvalue weighted by Crippen LogP contribution is 2.40. The molecule has 1 aromatic carbocycles. The Hall–Kier alpha value is -1.83. The molecule has 110 valence electrons. The van der Waals surface area contributed by atoms with Gasteiger partial charge in [-0.15, -0.1) is 0 Å². The Bertz CT molecular complexity index is 543. The van der Waals surface area contributed by atoms with E-state index in [0.717, 1.165) is 12.1 Å². The molecule has 0 bridgehead atoms. The van der Waals surface area contributed by atoms with Crippen molar-refractivity contribution in [2.24, 2.45) is 0 Å². The van der Waals surface area contributed by atoms with Crippen molar-refractivity contribution in [3.8, 4) is 0 Å². The lowest BCUT2D eigenvalue weighted by Gasteiger charge is -2.24. The van der Waals surface area contributed by atoms with E-state index in [1.807, 2.05) is 0 Å². The first kappa shape index (κ1) is 14.6. The minimum Gasteiger partial charge on any atom is -0.388 e. The number of β-amino-alcohol motifs (C(OH)–C–C–N with tert-alkyl or cyclic N) is 1. The van der Waals surface area contributed by atoms with Crippen molar-refractivity contribution in [3.05, 3.63) is 33.9 Å². The Morgan fingerprint density at radius 2 is 2.10 bits per heavy atom. The first-order chi connectivity index (χ1) is 9.10. The van der Waals surface area contributed by atoms with Gasteiger partial charge in [0.1, 0.15) is 0 Å². The maximum atomic E-state index is 13.0. The maximum Gasteiger partial charge on any atom is 0.418 e. The van der Waals surface area contributed by atoms with Gasteiger partial charge in [-0.3, -0.25) is 10.1 Å². The number of halogens is 3. The van der Waals surface area contributed by atoms with Gasteiger partial charge < -0.3 is 10.0 Å². The third-order valence-electron chi connectivity index (χ3n) is 3.29. The van der Waals surface area contributed by atoms with E-state index in [2.05, 4.69) is 0 Å². The molecule has 1 unspecified atom stereocenters. The zero-order valence-electron chi connectivity index (χ0n) is 10.6. The number of hydrogen-bond donors (Lipinski definition) is 1. The molecule has 1 heterocycles. The second kappa shape index (κ2) is 4.62. The molecule has 0 radical (unpaired) electrons. The lowest BCUT2D eigenvalue weighted by molar-refractivity contribution is -0.385. The molecule has 5 nitrogen and oxygen atoms in total. The summed E-state index contributed by atoms with van der Waals surface area (Å²) in [4.78, 5) is 11.1. The molecule has 0 saturated carbocycles. The maximum absolute atomic E-state index is 13.0. The first-order valence-electron chi connectivity index (χ1n) is 5.93. The van der Waals surface area contributed by atoms with Crippen molar-refractivity contribution in [2.75, 3.05) is 18.0 Å². The summed E-state index contributed by atoms with van der Waals surface area (Å²) in [6.45, 7) is 1.88. The van der Waals surface area contributed by atoms with Gasteiger partial charge in [0.05, 0.1) is 16.1 Å². The van der Waals surface area contributed by atoms with E-state index in [1.165, 1.54) is 4.90 Å². The number of non-ortho nitro benzene ring substituents is 1. The van der Waals surface area contributed by atoms with Gasteiger partial charge in [-0.1, -0.05) is 0 Å². The Balaban J connectivity index is 2.45. The van der Waals surface area contributed by atoms with E-state index in [4.69, 9.17) is 0 Å². The average molecular weight is 290 g/mol. The van der Waals surface area contributed by atoms with Crippen LogP contribution in [0.3, 0.4) is 0 Å². The SMILES string of the molecule is CC1(O)CCN(c2ccc([N+](=O)[O-])cc2C(F)(F)F)C1. The highest BCUT2D eigenvalue weighted by atomic mass is 19.4. The molecule has 1 aliphatic heterocycles. The average Bonchev–Trinajstić information content (AvgIpc) is 2.67. The number of anilines is 1. The second-order valence-electron chi connectivity index (χ2n) is 5.12. The summed E-state index contributed by atoms with van der Waals surface area (Å²) < 4.78 is 39.1. The summed E-state index contributed by atoms with van der Waals surface area (Å²) in [5.74, 6) is 0. The molecule has 1 aliphatic rings. The summed E-state index contributed by atoms with van der Waals surface area (Å²) in [5.41, 5.74) is -2.85. The molecule has 1 N–H and O–H groups in total. The molecule has 1 saturated heterocycles. The molecule has 2 rings (SSSR count). The largest absolute Gasteiger partial charge is 0.418 e. The van der Waals surface area contributed by atoms with Crippen LogP contribution in [0.25, 0.3) is 0 Å². The standard InChI is InChI=1S/C12H13F3N2O3/c1-11(18)4-5-16(7-11)10-3-2-8(17(19)20)6-9(10)12(13,14)15/h2-3,6,18H,4-5,7H2,1H3. The molecule has 0 aromatic heterocycles. The number of nitro groups is 1. The van der Waals surface area contributed by atoms with Crippen molar-refractivity contribution in [2.45, 2.75) is 25.1 Å². The number of hydrogen-bond acceptors (Lipinski definition) is 4. The van der Waals surface area contributed by atoms with E-state index >= 15 is 0 Å². The van der Waals surface area contributed by atoms with Gasteiger partial charge >= 0.3 is 6.18 Å². The first-order valence-corrected chi connectivity index (χ1v) is 5.93. The van der Waals surface area contributed by atoms with Gasteiger partial charge in [0.2, 0.25) is 0 Å². The Morgan fingerprint density at radius 1 is 1.45 bits per heavy atom. The molecular weight excluding hydrogens is 277 g/mol. The van der Waals surface area contributed by atoms with Crippen molar-refractivity contribution in [1.82, 2.24) is 0 Å². The number of nitro benzene ring substituents is 1. The predicted molar refractivity (Wildman–Crippen MR) is 65.6 cm³/mol. The fourth-order valence-electron chi connectivity index (χ4n) is 2.29. The van der Waals surface area contributed by atoms with E-state index < -0.39 is 28.0 Å². The van der Waals surface area contributed by atoms with Crippen LogP contribution in [-0.2, 0) is 6.18 Å². The van der Waals surface area contributed by atoms with Crippen LogP contribution >= 0.6 is 0 Å². The van der Waals surface area contributed by atoms with Crippen LogP contribution < -0.4 is 4.90 Å². The van der Waals surface area contributed by atoms with Crippen LogP contribution in [0.4, 0.5) is 24.5 Å². The lowest BCUT2D eigenvalue weighted by Crippen LogP contribution is -2.30. The highest BCUT2D eigenvalue weighted by Gasteiger charge is 2.39. The van der Waals surface area contributed by atoms with E-state index in [9.17, 15) is 28.4 Å². The Morgan fingerprint density at radius 3 is 2.55 bits per heavy atom. The Kier molecular flexibility index (Phi) is 3.37. The van der Waals surface area contributed by atoms with Gasteiger partial charge in [0.15, 0.2) is 0 Å². The quantitative estimate of drug-likeness (QED) is 0.671. The van der Waals surface area contributed by atoms with Gasteiger partial charge in [-0.25, -0.2) is 0 Å². The summed E-state index contributed by atoms with van der Waals surface area (Å²) in [6.07, 6.45) is -4.34. The normalized spacial score (nSPS) is 23.1. The number of alkyl halides is 3. The smallest absolute Gasteiger partial charge is 0.388 e. The predicted octanol–water partition coefficient (Wildman–Crippen LogP) is 2.57. The van der Waals surface area contributed by atoms with E-state index in [0.29, 0.717) is 12.5 Å². The van der Waals surface area contributed by atoms with Crippen molar-refractivity contribution in [3.63, 3.8) is 0 Å². The number of nitrogens with zero attached hydrogens (tertiary/aromatic N) is 2. The molecular formula is C12H13F3N2O3. The number of rotatable bonds is 2. The minimum absolute atomic E-state index is 0.0634. The molecule has 8 heteroatoms. The molecule has 0 amide bonds. The van der Waals surface area contributed by atoms with Crippen LogP contribution in [0.2, 0.25) is 0 Å². The van der Waals surface area contributed by atoms with Crippen LogP contribution in [0, 0.1) is 10.1 Å². The van der Waals surface area contributed by atoms with E-state index in [-0.39, 0.29) is 18.8 Å². The lowest BCUT2D eigenvalue weighted by atomic mass is 10.1. The molecule has 0 spiro atoms. The van der Waals surface area contributed by atoms with Crippen molar-refractivity contribution >= 4 is 11.4 Å². The van der Waals surface area contributed by atoms with E-state index in [1.54, 1.807) is 6.92 Å². The van der Waals surface area contributed by atoms with Crippen molar-refractivity contribution < 1.29 is 23.2 Å². The van der Waals surface area contributed by atoms with Crippen molar-refractivity contribution in [1.29, 1.82) is 0 Å². The van der Waals surface area contributed by atoms with Gasteiger partial charge in [-0.05, 0) is 19.4 Å². The van der Waals surface area contributed by atoms with Crippen LogP contribution in [0.1, 0.15) is 18.9 Å². The van der Waals surface area contributed by atoms with Crippen LogP contribution in [0.5, 0.6) is 0 Å². The molecule has 1 atom stereocenters. The fourth-order valence-corrected chi connectivity index (χ4v) is 2.29. The Labute approximate surface area is 112 Å². The third-order valence-corrected chi connectivity index (χ3v) is 3.29. The minimum atomic E-state index is -4.68. The monoisotopic (exact) mass is 290 g/mol. The summed E-state index contributed by atoms with van der Waals surface area (Å²) in [5, 5.41) is 20.4. The number of benzene rings is 1. The third kappa shape index (κ3) is 2.84. The van der Waals surface area contributed by atoms with Crippen LogP contribution in [0.15, 0.2) is 18.2 Å². The zero-order chi connectivity index (χ0) is 15.1. The molecule has 0 aliphatic carbocycles. The van der Waals surface area contributed by atoms with Gasteiger partial charge in [0.25, 0.3) is 5.69 Å². The number of aliphatic hydroxyl groups is 1. The van der Waals surface area contributed by atoms with Crippen LogP contribution in [-0.4, -0.2) is 28.7 Å². The summed E-state index contributed by atoms with van der Waals surface area (Å²) in [7, 11) is 0. The molecule has 1 fully saturated rings. The fraction of sp³-hybridized carbons (Fsp3) is 0.500.